The van der Waals surface area contributed by atoms with Crippen LogP contribution in [0.2, 0.25) is 5.02 Å². The lowest BCUT2D eigenvalue weighted by Crippen LogP contribution is -2.46. The molecule has 2 rings (SSSR count). The Hall–Kier alpha value is -0.630. The average molecular weight is 365 g/mol. The van der Waals surface area contributed by atoms with Crippen LogP contribution in [0, 0.1) is 11.6 Å². The van der Waals surface area contributed by atoms with Crippen molar-refractivity contribution in [3.63, 3.8) is 0 Å². The predicted molar refractivity (Wildman–Crippen MR) is 76.5 cm³/mol. The molecule has 0 unspecified atom stereocenters. The first-order valence-electron chi connectivity index (χ1n) is 6.44. The van der Waals surface area contributed by atoms with Gasteiger partial charge in [0.2, 0.25) is 0 Å². The van der Waals surface area contributed by atoms with Crippen LogP contribution in [-0.2, 0) is 0 Å². The lowest BCUT2D eigenvalue weighted by Gasteiger charge is -2.36. The van der Waals surface area contributed by atoms with E-state index in [1.165, 1.54) is 4.90 Å². The van der Waals surface area contributed by atoms with E-state index in [0.717, 1.165) is 12.1 Å². The van der Waals surface area contributed by atoms with Crippen molar-refractivity contribution < 1.29 is 22.0 Å². The van der Waals surface area contributed by atoms with Crippen molar-refractivity contribution in [1.82, 2.24) is 10.2 Å². The zero-order valence-corrected chi connectivity index (χ0v) is 13.0. The largest absolute Gasteiger partial charge is 0.390 e. The predicted octanol–water partition coefficient (Wildman–Crippen LogP) is 3.94. The molecule has 1 fully saturated rings. The number of hydrogen-bond donors (Lipinski definition) is 1. The van der Waals surface area contributed by atoms with Gasteiger partial charge in [-0.1, -0.05) is 11.6 Å². The molecule has 0 spiro atoms. The lowest BCUT2D eigenvalue weighted by molar-refractivity contribution is -0.149. The SMILES string of the molecule is Cl.Fc1ccc(Cl)c(F)c1[C@@H](CC(F)(F)F)N1CCNCC1. The molecule has 1 N–H and O–H groups in total. The molecule has 0 saturated carbocycles. The normalized spacial score (nSPS) is 17.9. The summed E-state index contributed by atoms with van der Waals surface area (Å²) in [5.74, 6) is -2.13. The van der Waals surface area contributed by atoms with Gasteiger partial charge in [0.05, 0.1) is 11.4 Å². The molecule has 1 atom stereocenters. The number of hydrogen-bond acceptors (Lipinski definition) is 2. The number of halogens is 7. The van der Waals surface area contributed by atoms with Crippen LogP contribution in [-0.4, -0.2) is 37.3 Å². The molecule has 1 aliphatic rings. The van der Waals surface area contributed by atoms with Crippen LogP contribution in [0.1, 0.15) is 18.0 Å². The molecule has 1 saturated heterocycles. The molecule has 0 amide bonds. The Morgan fingerprint density at radius 1 is 1.18 bits per heavy atom. The first-order valence-corrected chi connectivity index (χ1v) is 6.82. The van der Waals surface area contributed by atoms with E-state index in [0.29, 0.717) is 13.1 Å². The van der Waals surface area contributed by atoms with E-state index < -0.39 is 35.8 Å². The fourth-order valence-corrected chi connectivity index (χ4v) is 2.64. The molecule has 1 aliphatic heterocycles. The van der Waals surface area contributed by atoms with E-state index in [2.05, 4.69) is 5.32 Å². The highest BCUT2D eigenvalue weighted by atomic mass is 35.5. The van der Waals surface area contributed by atoms with Gasteiger partial charge in [-0.05, 0) is 12.1 Å². The molecule has 9 heteroatoms. The first-order chi connectivity index (χ1) is 9.79. The molecule has 1 aromatic carbocycles. The molecule has 0 aromatic heterocycles. The Morgan fingerprint density at radius 2 is 1.77 bits per heavy atom. The number of alkyl halides is 3. The van der Waals surface area contributed by atoms with E-state index in [1.54, 1.807) is 0 Å². The van der Waals surface area contributed by atoms with Crippen molar-refractivity contribution in [2.75, 3.05) is 26.2 Å². The molecule has 0 aliphatic carbocycles. The Bertz CT molecular complexity index is 504. The highest BCUT2D eigenvalue weighted by molar-refractivity contribution is 6.30. The summed E-state index contributed by atoms with van der Waals surface area (Å²) in [6, 6.07) is 0.482. The van der Waals surface area contributed by atoms with E-state index in [1.807, 2.05) is 0 Å². The fourth-order valence-electron chi connectivity index (χ4n) is 2.47. The molecular formula is C13H15Cl2F5N2. The minimum Gasteiger partial charge on any atom is -0.314 e. The van der Waals surface area contributed by atoms with Gasteiger partial charge in [-0.2, -0.15) is 13.2 Å². The van der Waals surface area contributed by atoms with Crippen molar-refractivity contribution in [1.29, 1.82) is 0 Å². The summed E-state index contributed by atoms with van der Waals surface area (Å²) in [4.78, 5) is 1.43. The fraction of sp³-hybridized carbons (Fsp3) is 0.538. The Kier molecular flexibility index (Phi) is 6.85. The van der Waals surface area contributed by atoms with Crippen molar-refractivity contribution in [3.05, 3.63) is 34.4 Å². The molecule has 1 heterocycles. The summed E-state index contributed by atoms with van der Waals surface area (Å²) in [5.41, 5.74) is -0.610. The Balaban J connectivity index is 0.00000242. The molecule has 1 aromatic rings. The zero-order valence-electron chi connectivity index (χ0n) is 11.4. The summed E-state index contributed by atoms with van der Waals surface area (Å²) in [7, 11) is 0. The summed E-state index contributed by atoms with van der Waals surface area (Å²) in [6.45, 7) is 1.51. The van der Waals surface area contributed by atoms with Crippen LogP contribution < -0.4 is 5.32 Å². The van der Waals surface area contributed by atoms with Gasteiger partial charge in [0.25, 0.3) is 0 Å². The third-order valence-corrected chi connectivity index (χ3v) is 3.72. The number of benzene rings is 1. The number of nitrogens with zero attached hydrogens (tertiary/aromatic N) is 1. The smallest absolute Gasteiger partial charge is 0.314 e. The van der Waals surface area contributed by atoms with Gasteiger partial charge in [-0.15, -0.1) is 12.4 Å². The van der Waals surface area contributed by atoms with Crippen LogP contribution in [0.4, 0.5) is 22.0 Å². The second kappa shape index (κ2) is 7.77. The topological polar surface area (TPSA) is 15.3 Å². The summed E-state index contributed by atoms with van der Waals surface area (Å²) in [5, 5.41) is 2.61. The van der Waals surface area contributed by atoms with Crippen LogP contribution in [0.3, 0.4) is 0 Å². The third kappa shape index (κ3) is 4.68. The first kappa shape index (κ1) is 19.4. The number of piperazine rings is 1. The highest BCUT2D eigenvalue weighted by Gasteiger charge is 2.38. The van der Waals surface area contributed by atoms with Crippen LogP contribution in [0.15, 0.2) is 12.1 Å². The van der Waals surface area contributed by atoms with Crippen LogP contribution in [0.25, 0.3) is 0 Å². The van der Waals surface area contributed by atoms with Gasteiger partial charge in [0, 0.05) is 37.8 Å². The molecule has 0 bridgehead atoms. The Morgan fingerprint density at radius 3 is 2.32 bits per heavy atom. The quantitative estimate of drug-likeness (QED) is 0.645. The second-order valence-electron chi connectivity index (χ2n) is 4.88. The average Bonchev–Trinajstić information content (AvgIpc) is 2.42. The van der Waals surface area contributed by atoms with Gasteiger partial charge >= 0.3 is 6.18 Å². The number of nitrogens with one attached hydrogen (secondary N) is 1. The van der Waals surface area contributed by atoms with E-state index in [4.69, 9.17) is 11.6 Å². The molecule has 126 valence electrons. The molecular weight excluding hydrogens is 350 g/mol. The molecule has 2 nitrogen and oxygen atoms in total. The van der Waals surface area contributed by atoms with E-state index in [9.17, 15) is 22.0 Å². The van der Waals surface area contributed by atoms with Crippen LogP contribution in [0.5, 0.6) is 0 Å². The lowest BCUT2D eigenvalue weighted by atomic mass is 9.99. The maximum absolute atomic E-state index is 14.1. The van der Waals surface area contributed by atoms with Gasteiger partial charge in [-0.3, -0.25) is 4.90 Å². The van der Waals surface area contributed by atoms with E-state index in [-0.39, 0.29) is 30.5 Å². The Labute approximate surface area is 136 Å². The standard InChI is InChI=1S/C13H14ClF5N2.ClH/c14-8-1-2-9(15)11(12(8)16)10(7-13(17,18)19)21-5-3-20-4-6-21;/h1-2,10,20H,3-7H2;1H/t10-;/m1./s1. The second-order valence-corrected chi connectivity index (χ2v) is 5.29. The summed E-state index contributed by atoms with van der Waals surface area (Å²) in [6.07, 6.45) is -5.85. The van der Waals surface area contributed by atoms with Crippen molar-refractivity contribution in [2.24, 2.45) is 0 Å². The summed E-state index contributed by atoms with van der Waals surface area (Å²) < 4.78 is 66.3. The minimum atomic E-state index is -4.53. The molecule has 22 heavy (non-hydrogen) atoms. The monoisotopic (exact) mass is 364 g/mol. The van der Waals surface area contributed by atoms with Gasteiger partial charge < -0.3 is 5.32 Å². The number of rotatable bonds is 3. The van der Waals surface area contributed by atoms with Gasteiger partial charge in [-0.25, -0.2) is 8.78 Å². The molecule has 0 radical (unpaired) electrons. The highest BCUT2D eigenvalue weighted by Crippen LogP contribution is 2.37. The van der Waals surface area contributed by atoms with Crippen LogP contribution >= 0.6 is 24.0 Å². The zero-order chi connectivity index (χ0) is 15.6. The summed E-state index contributed by atoms with van der Waals surface area (Å²) >= 11 is 5.59. The maximum Gasteiger partial charge on any atom is 0.390 e. The van der Waals surface area contributed by atoms with Crippen molar-refractivity contribution in [2.45, 2.75) is 18.6 Å². The van der Waals surface area contributed by atoms with Crippen molar-refractivity contribution in [3.8, 4) is 0 Å². The minimum absolute atomic E-state index is 0. The van der Waals surface area contributed by atoms with Crippen molar-refractivity contribution >= 4 is 24.0 Å². The van der Waals surface area contributed by atoms with Gasteiger partial charge in [0.15, 0.2) is 0 Å². The maximum atomic E-state index is 14.1. The third-order valence-electron chi connectivity index (χ3n) is 3.43. The van der Waals surface area contributed by atoms with E-state index >= 15 is 0 Å². The van der Waals surface area contributed by atoms with Gasteiger partial charge in [0.1, 0.15) is 11.6 Å².